The van der Waals surface area contributed by atoms with Crippen LogP contribution in [0.3, 0.4) is 0 Å². The molecule has 23 heavy (non-hydrogen) atoms. The molecule has 0 saturated heterocycles. The number of aromatic nitrogens is 2. The van der Waals surface area contributed by atoms with Gasteiger partial charge in [-0.2, -0.15) is 0 Å². The fourth-order valence-electron chi connectivity index (χ4n) is 1.86. The third-order valence-corrected chi connectivity index (χ3v) is 3.54. The predicted molar refractivity (Wildman–Crippen MR) is 95.1 cm³/mol. The Morgan fingerprint density at radius 1 is 0.609 bits per heavy atom. The first-order valence-electron chi connectivity index (χ1n) is 6.90. The van der Waals surface area contributed by atoms with Crippen LogP contribution in [-0.2, 0) is 0 Å². The number of nitrogens with zero attached hydrogens (tertiary/aromatic N) is 2. The van der Waals surface area contributed by atoms with Gasteiger partial charge in [0.15, 0.2) is 0 Å². The number of benzene rings is 2. The van der Waals surface area contributed by atoms with Gasteiger partial charge in [0.1, 0.15) is 0 Å². The lowest BCUT2D eigenvalue weighted by atomic mass is 10.2. The molecule has 0 aliphatic carbocycles. The van der Waals surface area contributed by atoms with Gasteiger partial charge in [0.25, 0.3) is 0 Å². The van der Waals surface area contributed by atoms with Crippen LogP contribution in [0.5, 0.6) is 0 Å². The van der Waals surface area contributed by atoms with Crippen LogP contribution in [0.4, 0.5) is 0 Å². The van der Waals surface area contributed by atoms with Gasteiger partial charge in [-0.3, -0.25) is 0 Å². The third kappa shape index (κ3) is 4.55. The number of halogens is 2. The molecule has 0 unspecified atom stereocenters. The molecule has 0 radical (unpaired) electrons. The lowest BCUT2D eigenvalue weighted by Crippen LogP contribution is -1.73. The molecular formula is C18H12Cl2N2O. The first-order chi connectivity index (χ1) is 11.2. The molecule has 0 aliphatic rings. The normalized spacial score (nSPS) is 11.6. The molecule has 0 atom stereocenters. The molecule has 5 heteroatoms. The molecular weight excluding hydrogens is 331 g/mol. The van der Waals surface area contributed by atoms with Crippen LogP contribution in [0.25, 0.3) is 24.3 Å². The number of hydrogen-bond donors (Lipinski definition) is 0. The van der Waals surface area contributed by atoms with E-state index in [4.69, 9.17) is 27.6 Å². The molecule has 1 heterocycles. The van der Waals surface area contributed by atoms with Gasteiger partial charge in [0.2, 0.25) is 11.8 Å². The minimum atomic E-state index is 0.440. The van der Waals surface area contributed by atoms with Crippen molar-refractivity contribution in [2.45, 2.75) is 0 Å². The highest BCUT2D eigenvalue weighted by molar-refractivity contribution is 6.30. The van der Waals surface area contributed by atoms with Crippen LogP contribution < -0.4 is 0 Å². The van der Waals surface area contributed by atoms with Crippen LogP contribution in [-0.4, -0.2) is 10.2 Å². The Hall–Kier alpha value is -2.36. The van der Waals surface area contributed by atoms with Gasteiger partial charge in [0.05, 0.1) is 0 Å². The SMILES string of the molecule is Clc1ccc(/C=C/c2nnc(/C=C/c3ccc(Cl)cc3)o2)cc1. The van der Waals surface area contributed by atoms with Crippen molar-refractivity contribution in [3.63, 3.8) is 0 Å². The van der Waals surface area contributed by atoms with E-state index in [2.05, 4.69) is 10.2 Å². The van der Waals surface area contributed by atoms with E-state index >= 15 is 0 Å². The van der Waals surface area contributed by atoms with E-state index in [1.807, 2.05) is 60.7 Å². The van der Waals surface area contributed by atoms with Crippen LogP contribution in [0.15, 0.2) is 52.9 Å². The number of hydrogen-bond acceptors (Lipinski definition) is 3. The summed E-state index contributed by atoms with van der Waals surface area (Å²) in [5.74, 6) is 0.881. The number of rotatable bonds is 4. The molecule has 0 aliphatic heterocycles. The molecule has 0 N–H and O–H groups in total. The molecule has 3 aromatic rings. The molecule has 1 aromatic heterocycles. The average Bonchev–Trinajstić information content (AvgIpc) is 3.02. The van der Waals surface area contributed by atoms with E-state index in [1.54, 1.807) is 12.2 Å². The van der Waals surface area contributed by atoms with Gasteiger partial charge >= 0.3 is 0 Å². The summed E-state index contributed by atoms with van der Waals surface area (Å²) in [7, 11) is 0. The molecule has 0 fully saturated rings. The molecule has 0 spiro atoms. The summed E-state index contributed by atoms with van der Waals surface area (Å²) in [6, 6.07) is 15.0. The summed E-state index contributed by atoms with van der Waals surface area (Å²) < 4.78 is 5.53. The lowest BCUT2D eigenvalue weighted by molar-refractivity contribution is 0.533. The summed E-state index contributed by atoms with van der Waals surface area (Å²) in [6.45, 7) is 0. The quantitative estimate of drug-likeness (QED) is 0.608. The molecule has 3 rings (SSSR count). The fraction of sp³-hybridized carbons (Fsp3) is 0. The third-order valence-electron chi connectivity index (χ3n) is 3.03. The van der Waals surface area contributed by atoms with Crippen molar-refractivity contribution in [3.8, 4) is 0 Å². The average molecular weight is 343 g/mol. The summed E-state index contributed by atoms with van der Waals surface area (Å²) in [6.07, 6.45) is 7.29. The van der Waals surface area contributed by atoms with E-state index in [1.165, 1.54) is 0 Å². The van der Waals surface area contributed by atoms with E-state index in [0.29, 0.717) is 21.8 Å². The topological polar surface area (TPSA) is 38.9 Å². The van der Waals surface area contributed by atoms with E-state index < -0.39 is 0 Å². The Morgan fingerprint density at radius 3 is 1.39 bits per heavy atom. The van der Waals surface area contributed by atoms with Crippen molar-refractivity contribution in [2.24, 2.45) is 0 Å². The standard InChI is InChI=1S/C18H12Cl2N2O/c19-15-7-1-13(2-8-15)5-11-17-21-22-18(23-17)12-6-14-3-9-16(20)10-4-14/h1-12H/b11-5+,12-6+. The second-order valence-corrected chi connectivity index (χ2v) is 5.62. The monoisotopic (exact) mass is 342 g/mol. The highest BCUT2D eigenvalue weighted by atomic mass is 35.5. The van der Waals surface area contributed by atoms with Gasteiger partial charge in [-0.25, -0.2) is 0 Å². The smallest absolute Gasteiger partial charge is 0.240 e. The Kier molecular flexibility index (Phi) is 4.91. The predicted octanol–water partition coefficient (Wildman–Crippen LogP) is 5.72. The van der Waals surface area contributed by atoms with Gasteiger partial charge in [-0.1, -0.05) is 47.5 Å². The summed E-state index contributed by atoms with van der Waals surface area (Å²) in [4.78, 5) is 0. The van der Waals surface area contributed by atoms with Gasteiger partial charge in [0, 0.05) is 22.2 Å². The second kappa shape index (κ2) is 7.27. The Labute approximate surface area is 143 Å². The van der Waals surface area contributed by atoms with Gasteiger partial charge in [-0.15, -0.1) is 10.2 Å². The summed E-state index contributed by atoms with van der Waals surface area (Å²) in [5.41, 5.74) is 2.01. The maximum atomic E-state index is 5.85. The highest BCUT2D eigenvalue weighted by Gasteiger charge is 1.99. The summed E-state index contributed by atoms with van der Waals surface area (Å²) >= 11 is 11.7. The van der Waals surface area contributed by atoms with Crippen molar-refractivity contribution in [2.75, 3.05) is 0 Å². The van der Waals surface area contributed by atoms with E-state index in [9.17, 15) is 0 Å². The molecule has 0 bridgehead atoms. The van der Waals surface area contributed by atoms with E-state index in [0.717, 1.165) is 11.1 Å². The van der Waals surface area contributed by atoms with Gasteiger partial charge < -0.3 is 4.42 Å². The van der Waals surface area contributed by atoms with Crippen molar-refractivity contribution >= 4 is 47.5 Å². The van der Waals surface area contributed by atoms with Crippen LogP contribution in [0.2, 0.25) is 10.0 Å². The molecule has 3 nitrogen and oxygen atoms in total. The highest BCUT2D eigenvalue weighted by Crippen LogP contribution is 2.14. The second-order valence-electron chi connectivity index (χ2n) is 4.75. The van der Waals surface area contributed by atoms with Crippen LogP contribution in [0, 0.1) is 0 Å². The summed E-state index contributed by atoms with van der Waals surface area (Å²) in [5, 5.41) is 9.35. The first-order valence-corrected chi connectivity index (χ1v) is 7.65. The van der Waals surface area contributed by atoms with Crippen molar-refractivity contribution in [3.05, 3.63) is 81.5 Å². The van der Waals surface area contributed by atoms with E-state index in [-0.39, 0.29) is 0 Å². The minimum Gasteiger partial charge on any atom is -0.417 e. The minimum absolute atomic E-state index is 0.440. The molecule has 0 saturated carbocycles. The zero-order valence-corrected chi connectivity index (χ0v) is 13.5. The zero-order chi connectivity index (χ0) is 16.1. The molecule has 114 valence electrons. The Balaban J connectivity index is 1.68. The maximum absolute atomic E-state index is 5.85. The molecule has 0 amide bonds. The largest absolute Gasteiger partial charge is 0.417 e. The lowest BCUT2D eigenvalue weighted by Gasteiger charge is -1.92. The maximum Gasteiger partial charge on any atom is 0.240 e. The van der Waals surface area contributed by atoms with Crippen LogP contribution in [0.1, 0.15) is 22.9 Å². The van der Waals surface area contributed by atoms with Crippen LogP contribution >= 0.6 is 23.2 Å². The fourth-order valence-corrected chi connectivity index (χ4v) is 2.12. The first kappa shape index (κ1) is 15.5. The molecule has 2 aromatic carbocycles. The Morgan fingerprint density at radius 2 is 1.00 bits per heavy atom. The Bertz CT molecular complexity index is 764. The van der Waals surface area contributed by atoms with Crippen molar-refractivity contribution < 1.29 is 4.42 Å². The van der Waals surface area contributed by atoms with Crippen molar-refractivity contribution in [1.29, 1.82) is 0 Å². The van der Waals surface area contributed by atoms with Gasteiger partial charge in [-0.05, 0) is 47.5 Å². The van der Waals surface area contributed by atoms with Crippen molar-refractivity contribution in [1.82, 2.24) is 10.2 Å². The zero-order valence-electron chi connectivity index (χ0n) is 12.0.